The molecule has 0 spiro atoms. The third-order valence-corrected chi connectivity index (χ3v) is 6.11. The van der Waals surface area contributed by atoms with Crippen LogP contribution in [0.1, 0.15) is 29.9 Å². The van der Waals surface area contributed by atoms with E-state index < -0.39 is 0 Å². The molecule has 0 radical (unpaired) electrons. The maximum Gasteiger partial charge on any atom is 0.283 e. The van der Waals surface area contributed by atoms with Gasteiger partial charge < -0.3 is 14.0 Å². The minimum atomic E-state index is -0.313. The van der Waals surface area contributed by atoms with Crippen LogP contribution in [0.15, 0.2) is 59.7 Å². The van der Waals surface area contributed by atoms with Gasteiger partial charge in [0, 0.05) is 13.2 Å². The van der Waals surface area contributed by atoms with Crippen molar-refractivity contribution in [1.29, 1.82) is 0 Å². The first-order valence-corrected chi connectivity index (χ1v) is 11.5. The molecule has 0 aliphatic rings. The highest BCUT2D eigenvalue weighted by Gasteiger charge is 2.16. The van der Waals surface area contributed by atoms with E-state index in [2.05, 4.69) is 10.1 Å². The van der Waals surface area contributed by atoms with Crippen LogP contribution in [0.3, 0.4) is 0 Å². The van der Waals surface area contributed by atoms with Crippen molar-refractivity contribution in [3.8, 4) is 11.4 Å². The van der Waals surface area contributed by atoms with E-state index in [1.165, 1.54) is 11.3 Å². The molecule has 0 atom stereocenters. The van der Waals surface area contributed by atoms with Gasteiger partial charge >= 0.3 is 0 Å². The molecule has 0 N–H and O–H groups in total. The van der Waals surface area contributed by atoms with E-state index in [-0.39, 0.29) is 5.91 Å². The summed E-state index contributed by atoms with van der Waals surface area (Å²) >= 11 is 1.47. The first-order chi connectivity index (χ1) is 15.6. The molecule has 8 heteroatoms. The van der Waals surface area contributed by atoms with E-state index in [1.807, 2.05) is 73.9 Å². The summed E-state index contributed by atoms with van der Waals surface area (Å²) in [4.78, 5) is 18.2. The standard InChI is InChI=1S/C24H26N4O3S/c1-4-30-14-13-27-21-12-11-19(31-5-2)15-22(21)32-24(27)26-23(29)20-16-25-28(17(20)3)18-9-7-6-8-10-18/h6-12,15-16H,4-5,13-14H2,1-3H3. The van der Waals surface area contributed by atoms with Crippen LogP contribution in [0.2, 0.25) is 0 Å². The third-order valence-electron chi connectivity index (χ3n) is 5.07. The number of aromatic nitrogens is 3. The highest BCUT2D eigenvalue weighted by Crippen LogP contribution is 2.24. The SMILES string of the molecule is CCOCCn1c(=NC(=O)c2cnn(-c3ccccc3)c2C)sc2cc(OCC)ccc21. The smallest absolute Gasteiger partial charge is 0.283 e. The van der Waals surface area contributed by atoms with Gasteiger partial charge in [-0.15, -0.1) is 0 Å². The van der Waals surface area contributed by atoms with Crippen LogP contribution in [0, 0.1) is 6.92 Å². The Morgan fingerprint density at radius 2 is 1.94 bits per heavy atom. The number of carbonyl (C=O) groups excluding carboxylic acids is 1. The number of fused-ring (bicyclic) bond motifs is 1. The van der Waals surface area contributed by atoms with Crippen LogP contribution in [-0.2, 0) is 11.3 Å². The summed E-state index contributed by atoms with van der Waals surface area (Å²) in [5, 5.41) is 4.40. The summed E-state index contributed by atoms with van der Waals surface area (Å²) in [6.07, 6.45) is 1.58. The van der Waals surface area contributed by atoms with Crippen LogP contribution in [-0.4, -0.2) is 40.1 Å². The zero-order valence-corrected chi connectivity index (χ0v) is 19.3. The Labute approximate surface area is 190 Å². The minimum Gasteiger partial charge on any atom is -0.494 e. The van der Waals surface area contributed by atoms with Gasteiger partial charge in [0.1, 0.15) is 5.75 Å². The number of benzene rings is 2. The second kappa shape index (κ2) is 9.93. The number of amides is 1. The molecule has 4 rings (SSSR count). The number of hydrogen-bond donors (Lipinski definition) is 0. The lowest BCUT2D eigenvalue weighted by molar-refractivity contribution is 0.0996. The van der Waals surface area contributed by atoms with Crippen molar-refractivity contribution in [1.82, 2.24) is 14.3 Å². The molecule has 32 heavy (non-hydrogen) atoms. The first kappa shape index (κ1) is 22.0. The quantitative estimate of drug-likeness (QED) is 0.374. The van der Waals surface area contributed by atoms with E-state index in [4.69, 9.17) is 9.47 Å². The number of thiazole rings is 1. The molecule has 2 heterocycles. The average molecular weight is 451 g/mol. The molecule has 1 amide bonds. The molecule has 0 aliphatic carbocycles. The van der Waals surface area contributed by atoms with E-state index in [0.717, 1.165) is 27.3 Å². The molecule has 0 saturated carbocycles. The van der Waals surface area contributed by atoms with Crippen LogP contribution >= 0.6 is 11.3 Å². The fourth-order valence-corrected chi connectivity index (χ4v) is 4.59. The highest BCUT2D eigenvalue weighted by molar-refractivity contribution is 7.16. The maximum atomic E-state index is 13.1. The van der Waals surface area contributed by atoms with Crippen LogP contribution in [0.25, 0.3) is 15.9 Å². The largest absolute Gasteiger partial charge is 0.494 e. The lowest BCUT2D eigenvalue weighted by Crippen LogP contribution is -2.20. The second-order valence-electron chi connectivity index (χ2n) is 7.10. The molecule has 4 aromatic rings. The topological polar surface area (TPSA) is 70.6 Å². The zero-order chi connectivity index (χ0) is 22.5. The van der Waals surface area contributed by atoms with Gasteiger partial charge in [0.2, 0.25) is 0 Å². The Hall–Kier alpha value is -3.23. The van der Waals surface area contributed by atoms with Crippen molar-refractivity contribution in [3.63, 3.8) is 0 Å². The molecular weight excluding hydrogens is 424 g/mol. The van der Waals surface area contributed by atoms with E-state index in [1.54, 1.807) is 10.9 Å². The van der Waals surface area contributed by atoms with Crippen molar-refractivity contribution >= 4 is 27.5 Å². The maximum absolute atomic E-state index is 13.1. The second-order valence-corrected chi connectivity index (χ2v) is 8.11. The van der Waals surface area contributed by atoms with Gasteiger partial charge in [-0.2, -0.15) is 10.1 Å². The summed E-state index contributed by atoms with van der Waals surface area (Å²) in [7, 11) is 0. The summed E-state index contributed by atoms with van der Waals surface area (Å²) in [6.45, 7) is 8.19. The molecule has 0 aliphatic heterocycles. The van der Waals surface area contributed by atoms with Crippen LogP contribution in [0.5, 0.6) is 5.75 Å². The monoisotopic (exact) mass is 450 g/mol. The fraction of sp³-hybridized carbons (Fsp3) is 0.292. The van der Waals surface area contributed by atoms with Gasteiger partial charge in [0.25, 0.3) is 5.91 Å². The van der Waals surface area contributed by atoms with Crippen LogP contribution < -0.4 is 9.54 Å². The average Bonchev–Trinajstić information content (AvgIpc) is 3.34. The molecule has 0 unspecified atom stereocenters. The molecule has 2 aromatic carbocycles. The molecule has 166 valence electrons. The van der Waals surface area contributed by atoms with Gasteiger partial charge in [-0.05, 0) is 51.1 Å². The third kappa shape index (κ3) is 4.51. The summed E-state index contributed by atoms with van der Waals surface area (Å²) in [6, 6.07) is 15.7. The highest BCUT2D eigenvalue weighted by atomic mass is 32.1. The number of nitrogens with zero attached hydrogens (tertiary/aromatic N) is 4. The summed E-state index contributed by atoms with van der Waals surface area (Å²) in [5.74, 6) is 0.488. The van der Waals surface area contributed by atoms with Crippen molar-refractivity contribution in [3.05, 3.63) is 70.8 Å². The van der Waals surface area contributed by atoms with Crippen LogP contribution in [0.4, 0.5) is 0 Å². The predicted octanol–water partition coefficient (Wildman–Crippen LogP) is 4.37. The normalized spacial score (nSPS) is 11.9. The molecule has 2 aromatic heterocycles. The Kier molecular flexibility index (Phi) is 6.82. The van der Waals surface area contributed by atoms with Gasteiger partial charge in [-0.1, -0.05) is 29.5 Å². The number of carbonyl (C=O) groups is 1. The van der Waals surface area contributed by atoms with E-state index in [9.17, 15) is 4.79 Å². The lowest BCUT2D eigenvalue weighted by atomic mass is 10.2. The van der Waals surface area contributed by atoms with Crippen molar-refractivity contribution in [2.75, 3.05) is 19.8 Å². The van der Waals surface area contributed by atoms with Crippen molar-refractivity contribution in [2.24, 2.45) is 4.99 Å². The Bertz CT molecular complexity index is 1290. The number of para-hydroxylation sites is 1. The molecule has 7 nitrogen and oxygen atoms in total. The Morgan fingerprint density at radius 1 is 1.12 bits per heavy atom. The van der Waals surface area contributed by atoms with Gasteiger partial charge in [0.15, 0.2) is 4.80 Å². The predicted molar refractivity (Wildman–Crippen MR) is 126 cm³/mol. The molecule has 0 fully saturated rings. The molecule has 0 saturated heterocycles. The summed E-state index contributed by atoms with van der Waals surface area (Å²) < 4.78 is 16.0. The van der Waals surface area contributed by atoms with Gasteiger partial charge in [-0.25, -0.2) is 4.68 Å². The first-order valence-electron chi connectivity index (χ1n) is 10.7. The van der Waals surface area contributed by atoms with Crippen molar-refractivity contribution in [2.45, 2.75) is 27.3 Å². The van der Waals surface area contributed by atoms with Gasteiger partial charge in [0.05, 0.1) is 46.6 Å². The number of rotatable bonds is 8. The molecular formula is C24H26N4O3S. The fourth-order valence-electron chi connectivity index (χ4n) is 3.51. The van der Waals surface area contributed by atoms with Crippen molar-refractivity contribution < 1.29 is 14.3 Å². The van der Waals surface area contributed by atoms with E-state index in [0.29, 0.717) is 36.7 Å². The summed E-state index contributed by atoms with van der Waals surface area (Å²) in [5.41, 5.74) is 3.14. The van der Waals surface area contributed by atoms with E-state index >= 15 is 0 Å². The lowest BCUT2D eigenvalue weighted by Gasteiger charge is -2.06. The molecule has 0 bridgehead atoms. The van der Waals surface area contributed by atoms with Gasteiger partial charge in [-0.3, -0.25) is 4.79 Å². The Morgan fingerprint density at radius 3 is 2.69 bits per heavy atom. The zero-order valence-electron chi connectivity index (χ0n) is 18.4. The number of ether oxygens (including phenoxy) is 2. The minimum absolute atomic E-state index is 0.313. The number of hydrogen-bond acceptors (Lipinski definition) is 5. The Balaban J connectivity index is 1.74.